The molecule has 28 heavy (non-hydrogen) atoms. The zero-order valence-corrected chi connectivity index (χ0v) is 15.8. The highest BCUT2D eigenvalue weighted by Gasteiger charge is 2.21. The predicted molar refractivity (Wildman–Crippen MR) is 107 cm³/mol. The molecular formula is C24H24O4. The van der Waals surface area contributed by atoms with E-state index in [1.807, 2.05) is 78.9 Å². The Hall–Kier alpha value is -2.82. The van der Waals surface area contributed by atoms with Gasteiger partial charge in [-0.15, -0.1) is 0 Å². The van der Waals surface area contributed by atoms with Crippen LogP contribution in [-0.2, 0) is 22.7 Å². The zero-order valence-electron chi connectivity index (χ0n) is 15.8. The summed E-state index contributed by atoms with van der Waals surface area (Å²) in [5, 5.41) is 0. The molecule has 0 aliphatic carbocycles. The fraction of sp³-hybridized carbons (Fsp3) is 0.250. The molecule has 1 aliphatic heterocycles. The Morgan fingerprint density at radius 2 is 1.32 bits per heavy atom. The summed E-state index contributed by atoms with van der Waals surface area (Å²) in [5.41, 5.74) is 3.12. The van der Waals surface area contributed by atoms with Crippen LogP contribution in [0.5, 0.6) is 11.5 Å². The number of ether oxygens (including phenoxy) is 4. The minimum atomic E-state index is -0.400. The van der Waals surface area contributed by atoms with Gasteiger partial charge in [0, 0.05) is 6.07 Å². The molecule has 0 saturated carbocycles. The monoisotopic (exact) mass is 376 g/mol. The van der Waals surface area contributed by atoms with Crippen molar-refractivity contribution in [1.29, 1.82) is 0 Å². The van der Waals surface area contributed by atoms with E-state index in [2.05, 4.69) is 0 Å². The van der Waals surface area contributed by atoms with Crippen LogP contribution in [0, 0.1) is 0 Å². The molecule has 0 amide bonds. The van der Waals surface area contributed by atoms with Crippen LogP contribution in [-0.4, -0.2) is 13.2 Å². The van der Waals surface area contributed by atoms with E-state index < -0.39 is 6.29 Å². The highest BCUT2D eigenvalue weighted by Crippen LogP contribution is 2.34. The van der Waals surface area contributed by atoms with E-state index in [-0.39, 0.29) is 0 Å². The minimum absolute atomic E-state index is 0.400. The highest BCUT2D eigenvalue weighted by molar-refractivity contribution is 5.42. The van der Waals surface area contributed by atoms with Gasteiger partial charge in [-0.1, -0.05) is 60.7 Å². The summed E-state index contributed by atoms with van der Waals surface area (Å²) in [6, 6.07) is 26.0. The van der Waals surface area contributed by atoms with Gasteiger partial charge in [-0.25, -0.2) is 0 Å². The first-order chi connectivity index (χ1) is 13.9. The van der Waals surface area contributed by atoms with E-state index in [1.54, 1.807) is 0 Å². The van der Waals surface area contributed by atoms with Crippen molar-refractivity contribution in [3.05, 3.63) is 95.6 Å². The van der Waals surface area contributed by atoms with Crippen molar-refractivity contribution in [3.8, 4) is 11.5 Å². The zero-order chi connectivity index (χ0) is 19.0. The van der Waals surface area contributed by atoms with E-state index in [4.69, 9.17) is 18.9 Å². The maximum Gasteiger partial charge on any atom is 0.187 e. The lowest BCUT2D eigenvalue weighted by Gasteiger charge is -2.25. The second-order valence-corrected chi connectivity index (χ2v) is 6.68. The standard InChI is InChI=1S/C24H24O4/c1-3-8-19(9-4-1)17-27-21-12-13-22(24-25-14-7-15-26-24)23(16-21)28-18-20-10-5-2-6-11-20/h1-6,8-13,16,24H,7,14-15,17-18H2. The van der Waals surface area contributed by atoms with E-state index in [9.17, 15) is 0 Å². The third-order valence-corrected chi connectivity index (χ3v) is 4.55. The first-order valence-electron chi connectivity index (χ1n) is 9.59. The topological polar surface area (TPSA) is 36.9 Å². The lowest BCUT2D eigenvalue weighted by molar-refractivity contribution is -0.183. The largest absolute Gasteiger partial charge is 0.489 e. The van der Waals surface area contributed by atoms with Crippen molar-refractivity contribution in [2.45, 2.75) is 25.9 Å². The second-order valence-electron chi connectivity index (χ2n) is 6.68. The Bertz CT molecular complexity index is 858. The van der Waals surface area contributed by atoms with Crippen LogP contribution >= 0.6 is 0 Å². The molecule has 0 bridgehead atoms. The number of hydrogen-bond acceptors (Lipinski definition) is 4. The van der Waals surface area contributed by atoms with Crippen LogP contribution in [0.3, 0.4) is 0 Å². The predicted octanol–water partition coefficient (Wildman–Crippen LogP) is 5.28. The van der Waals surface area contributed by atoms with Crippen LogP contribution in [0.4, 0.5) is 0 Å². The summed E-state index contributed by atoms with van der Waals surface area (Å²) in [4.78, 5) is 0. The van der Waals surface area contributed by atoms with Crippen molar-refractivity contribution in [1.82, 2.24) is 0 Å². The second kappa shape index (κ2) is 9.40. The smallest absolute Gasteiger partial charge is 0.187 e. The Labute approximate surface area is 165 Å². The molecule has 4 nitrogen and oxygen atoms in total. The van der Waals surface area contributed by atoms with Crippen molar-refractivity contribution >= 4 is 0 Å². The Kier molecular flexibility index (Phi) is 6.22. The molecule has 0 spiro atoms. The average molecular weight is 376 g/mol. The van der Waals surface area contributed by atoms with Crippen molar-refractivity contribution in [2.24, 2.45) is 0 Å². The number of benzene rings is 3. The molecule has 4 rings (SSSR count). The maximum absolute atomic E-state index is 6.13. The fourth-order valence-corrected chi connectivity index (χ4v) is 3.07. The molecule has 3 aromatic carbocycles. The minimum Gasteiger partial charge on any atom is -0.489 e. The molecule has 0 aromatic heterocycles. The molecule has 0 unspecified atom stereocenters. The third kappa shape index (κ3) is 4.91. The molecule has 0 atom stereocenters. The van der Waals surface area contributed by atoms with Gasteiger partial charge < -0.3 is 18.9 Å². The average Bonchev–Trinajstić information content (AvgIpc) is 2.78. The molecule has 1 saturated heterocycles. The molecule has 4 heteroatoms. The van der Waals surface area contributed by atoms with Crippen molar-refractivity contribution in [2.75, 3.05) is 13.2 Å². The van der Waals surface area contributed by atoms with Gasteiger partial charge in [0.2, 0.25) is 0 Å². The van der Waals surface area contributed by atoms with E-state index in [0.29, 0.717) is 26.4 Å². The van der Waals surface area contributed by atoms with Gasteiger partial charge in [-0.3, -0.25) is 0 Å². The molecular weight excluding hydrogens is 352 g/mol. The first-order valence-corrected chi connectivity index (χ1v) is 9.59. The summed E-state index contributed by atoms with van der Waals surface area (Å²) in [6.45, 7) is 2.36. The third-order valence-electron chi connectivity index (χ3n) is 4.55. The summed E-state index contributed by atoms with van der Waals surface area (Å²) >= 11 is 0. The molecule has 1 aliphatic rings. The maximum atomic E-state index is 6.13. The fourth-order valence-electron chi connectivity index (χ4n) is 3.07. The first kappa shape index (κ1) is 18.5. The quantitative estimate of drug-likeness (QED) is 0.562. The molecule has 1 fully saturated rings. The molecule has 3 aromatic rings. The molecule has 144 valence electrons. The summed E-state index contributed by atoms with van der Waals surface area (Å²) < 4.78 is 23.7. The van der Waals surface area contributed by atoms with Crippen LogP contribution in [0.15, 0.2) is 78.9 Å². The van der Waals surface area contributed by atoms with E-state index >= 15 is 0 Å². The number of hydrogen-bond donors (Lipinski definition) is 0. The summed E-state index contributed by atoms with van der Waals surface area (Å²) in [6.07, 6.45) is 0.511. The SMILES string of the molecule is c1ccc(COc2ccc(C3OCCCO3)c(OCc3ccccc3)c2)cc1. The van der Waals surface area contributed by atoms with Crippen LogP contribution < -0.4 is 9.47 Å². The van der Waals surface area contributed by atoms with Crippen molar-refractivity contribution in [3.63, 3.8) is 0 Å². The summed E-state index contributed by atoms with van der Waals surface area (Å²) in [7, 11) is 0. The van der Waals surface area contributed by atoms with Gasteiger partial charge in [0.1, 0.15) is 24.7 Å². The number of rotatable bonds is 7. The van der Waals surface area contributed by atoms with Gasteiger partial charge in [-0.2, -0.15) is 0 Å². The Morgan fingerprint density at radius 1 is 0.714 bits per heavy atom. The Morgan fingerprint density at radius 3 is 1.96 bits per heavy atom. The van der Waals surface area contributed by atoms with Gasteiger partial charge in [-0.05, 0) is 29.7 Å². The highest BCUT2D eigenvalue weighted by atomic mass is 16.7. The van der Waals surface area contributed by atoms with Gasteiger partial charge in [0.15, 0.2) is 6.29 Å². The Balaban J connectivity index is 1.51. The van der Waals surface area contributed by atoms with Crippen LogP contribution in [0.25, 0.3) is 0 Å². The van der Waals surface area contributed by atoms with E-state index in [1.165, 1.54) is 0 Å². The van der Waals surface area contributed by atoms with E-state index in [0.717, 1.165) is 34.6 Å². The van der Waals surface area contributed by atoms with Gasteiger partial charge >= 0.3 is 0 Å². The normalized spacial score (nSPS) is 14.6. The van der Waals surface area contributed by atoms with Crippen LogP contribution in [0.2, 0.25) is 0 Å². The van der Waals surface area contributed by atoms with Gasteiger partial charge in [0.25, 0.3) is 0 Å². The van der Waals surface area contributed by atoms with Crippen molar-refractivity contribution < 1.29 is 18.9 Å². The lowest BCUT2D eigenvalue weighted by atomic mass is 10.1. The van der Waals surface area contributed by atoms with Gasteiger partial charge in [0.05, 0.1) is 18.8 Å². The lowest BCUT2D eigenvalue weighted by Crippen LogP contribution is -2.18. The summed E-state index contributed by atoms with van der Waals surface area (Å²) in [5.74, 6) is 1.48. The van der Waals surface area contributed by atoms with Crippen LogP contribution in [0.1, 0.15) is 29.4 Å². The molecule has 0 N–H and O–H groups in total. The molecule has 1 heterocycles. The molecule has 0 radical (unpaired) electrons.